The van der Waals surface area contributed by atoms with Crippen LogP contribution in [0.4, 0.5) is 0 Å². The Bertz CT molecular complexity index is 114. The molecule has 2 heteroatoms. The van der Waals surface area contributed by atoms with Gasteiger partial charge in [0.2, 0.25) is 0 Å². The Morgan fingerprint density at radius 2 is 2.22 bits per heavy atom. The van der Waals surface area contributed by atoms with Gasteiger partial charge in [0, 0.05) is 10.9 Å². The molecule has 0 amide bonds. The van der Waals surface area contributed by atoms with Crippen molar-refractivity contribution in [2.24, 2.45) is 5.92 Å². The monoisotopic (exact) mass is 164 g/mol. The minimum atomic E-state index is 0.683. The fraction of sp³-hybridized carbons (Fsp3) is 0.714. The van der Waals surface area contributed by atoms with Crippen LogP contribution in [0.2, 0.25) is 0 Å². The molecule has 0 spiro atoms. The van der Waals surface area contributed by atoms with Gasteiger partial charge < -0.3 is 0 Å². The third-order valence-electron chi connectivity index (χ3n) is 1.42. The predicted molar refractivity (Wildman–Crippen MR) is 42.0 cm³/mol. The van der Waals surface area contributed by atoms with E-state index in [9.17, 15) is 0 Å². The summed E-state index contributed by atoms with van der Waals surface area (Å²) in [5, 5.41) is 1.02. The second-order valence-electron chi connectivity index (χ2n) is 2.34. The molecule has 0 aliphatic heterocycles. The lowest BCUT2D eigenvalue weighted by molar-refractivity contribution is 1.06. The van der Waals surface area contributed by atoms with Gasteiger partial charge in [-0.05, 0) is 25.2 Å². The molecule has 1 fully saturated rings. The lowest BCUT2D eigenvalue weighted by atomic mass is 10.3. The van der Waals surface area contributed by atoms with Crippen LogP contribution >= 0.6 is 23.2 Å². The molecule has 0 N–H and O–H groups in total. The van der Waals surface area contributed by atoms with Gasteiger partial charge in [0.05, 0.1) is 0 Å². The van der Waals surface area contributed by atoms with Crippen LogP contribution in [0.3, 0.4) is 0 Å². The second kappa shape index (κ2) is 3.48. The maximum absolute atomic E-state index is 5.86. The quantitative estimate of drug-likeness (QED) is 0.563. The van der Waals surface area contributed by atoms with Crippen LogP contribution in [-0.4, -0.2) is 5.88 Å². The van der Waals surface area contributed by atoms with Crippen molar-refractivity contribution in [3.8, 4) is 0 Å². The van der Waals surface area contributed by atoms with Gasteiger partial charge in [-0.3, -0.25) is 0 Å². The highest BCUT2D eigenvalue weighted by molar-refractivity contribution is 6.30. The van der Waals surface area contributed by atoms with E-state index in [4.69, 9.17) is 23.2 Å². The first-order chi connectivity index (χ1) is 4.34. The summed E-state index contributed by atoms with van der Waals surface area (Å²) in [4.78, 5) is 0. The second-order valence-corrected chi connectivity index (χ2v) is 3.16. The van der Waals surface area contributed by atoms with Crippen LogP contribution in [0, 0.1) is 5.92 Å². The van der Waals surface area contributed by atoms with Crippen molar-refractivity contribution in [3.63, 3.8) is 0 Å². The van der Waals surface area contributed by atoms with E-state index in [-0.39, 0.29) is 0 Å². The Balaban J connectivity index is 2.20. The Hall–Kier alpha value is 0.320. The van der Waals surface area contributed by atoms with Gasteiger partial charge in [0.1, 0.15) is 0 Å². The number of hydrogen-bond acceptors (Lipinski definition) is 0. The molecule has 0 heterocycles. The molecule has 1 aliphatic rings. The molecular weight excluding hydrogens is 155 g/mol. The summed E-state index contributed by atoms with van der Waals surface area (Å²) in [6.07, 6.45) is 5.50. The molecule has 0 nitrogen and oxygen atoms in total. The van der Waals surface area contributed by atoms with Gasteiger partial charge in [0.25, 0.3) is 0 Å². The van der Waals surface area contributed by atoms with E-state index in [0.29, 0.717) is 11.8 Å². The molecule has 1 aliphatic carbocycles. The number of hydrogen-bond donors (Lipinski definition) is 0. The lowest BCUT2D eigenvalue weighted by Crippen LogP contribution is -1.75. The van der Waals surface area contributed by atoms with Crippen LogP contribution in [0.5, 0.6) is 0 Å². The summed E-state index contributed by atoms with van der Waals surface area (Å²) >= 11 is 11.3. The Morgan fingerprint density at radius 1 is 1.56 bits per heavy atom. The van der Waals surface area contributed by atoms with Crippen molar-refractivity contribution in [1.29, 1.82) is 0 Å². The molecule has 1 rings (SSSR count). The van der Waals surface area contributed by atoms with E-state index < -0.39 is 0 Å². The smallest absolute Gasteiger partial charge is 0.0258 e. The summed E-state index contributed by atoms with van der Waals surface area (Å²) in [7, 11) is 0. The van der Waals surface area contributed by atoms with Crippen LogP contribution in [-0.2, 0) is 0 Å². The zero-order valence-corrected chi connectivity index (χ0v) is 6.75. The summed E-state index contributed by atoms with van der Waals surface area (Å²) in [6.45, 7) is 0. The number of rotatable bonds is 3. The van der Waals surface area contributed by atoms with Gasteiger partial charge >= 0.3 is 0 Å². The molecule has 0 unspecified atom stereocenters. The Kier molecular flexibility index (Phi) is 2.87. The van der Waals surface area contributed by atoms with Gasteiger partial charge in [0.15, 0.2) is 0 Å². The number of halogens is 2. The van der Waals surface area contributed by atoms with E-state index in [2.05, 4.69) is 0 Å². The van der Waals surface area contributed by atoms with Crippen molar-refractivity contribution >= 4 is 23.2 Å². The zero-order chi connectivity index (χ0) is 6.69. The van der Waals surface area contributed by atoms with Crippen LogP contribution < -0.4 is 0 Å². The summed E-state index contributed by atoms with van der Waals surface area (Å²) in [6, 6.07) is 0. The topological polar surface area (TPSA) is 0 Å². The molecule has 0 atom stereocenters. The predicted octanol–water partition coefficient (Wildman–Crippen LogP) is 3.15. The fourth-order valence-electron chi connectivity index (χ4n) is 0.718. The molecular formula is C7H10Cl2. The van der Waals surface area contributed by atoms with Crippen LogP contribution in [0.1, 0.15) is 19.3 Å². The maximum Gasteiger partial charge on any atom is 0.0258 e. The van der Waals surface area contributed by atoms with Gasteiger partial charge in [-0.1, -0.05) is 17.7 Å². The maximum atomic E-state index is 5.86. The highest BCUT2D eigenvalue weighted by Gasteiger charge is 2.23. The number of alkyl halides is 1. The zero-order valence-electron chi connectivity index (χ0n) is 5.24. The molecule has 0 radical (unpaired) electrons. The SMILES string of the molecule is ClCC/C=C(/Cl)C1CC1. The van der Waals surface area contributed by atoms with Gasteiger partial charge in [-0.2, -0.15) is 0 Å². The highest BCUT2D eigenvalue weighted by Crippen LogP contribution is 2.38. The first-order valence-electron chi connectivity index (χ1n) is 3.26. The first kappa shape index (κ1) is 7.43. The summed E-state index contributed by atoms with van der Waals surface area (Å²) in [5.41, 5.74) is 0. The normalized spacial score (nSPS) is 20.4. The van der Waals surface area contributed by atoms with Gasteiger partial charge in [-0.15, -0.1) is 11.6 Å². The van der Waals surface area contributed by atoms with E-state index in [1.54, 1.807) is 0 Å². The molecule has 0 bridgehead atoms. The van der Waals surface area contributed by atoms with Crippen molar-refractivity contribution in [2.45, 2.75) is 19.3 Å². The van der Waals surface area contributed by atoms with E-state index >= 15 is 0 Å². The van der Waals surface area contributed by atoms with Crippen molar-refractivity contribution < 1.29 is 0 Å². The molecule has 0 saturated heterocycles. The molecule has 0 aromatic rings. The third kappa shape index (κ3) is 2.59. The largest absolute Gasteiger partial charge is 0.126 e. The van der Waals surface area contributed by atoms with Crippen molar-refractivity contribution in [2.75, 3.05) is 5.88 Å². The summed E-state index contributed by atoms with van der Waals surface area (Å²) in [5.74, 6) is 1.37. The molecule has 52 valence electrons. The fourth-order valence-corrected chi connectivity index (χ4v) is 1.15. The average molecular weight is 165 g/mol. The molecule has 1 saturated carbocycles. The number of allylic oxidation sites excluding steroid dienone is 2. The van der Waals surface area contributed by atoms with E-state index in [1.807, 2.05) is 6.08 Å². The Labute approximate surface area is 65.8 Å². The minimum Gasteiger partial charge on any atom is -0.126 e. The van der Waals surface area contributed by atoms with Gasteiger partial charge in [-0.25, -0.2) is 0 Å². The minimum absolute atomic E-state index is 0.683. The molecule has 0 aromatic heterocycles. The van der Waals surface area contributed by atoms with Crippen LogP contribution in [0.25, 0.3) is 0 Å². The average Bonchev–Trinajstić information content (AvgIpc) is 2.63. The standard InChI is InChI=1S/C7H10Cl2/c8-5-1-2-7(9)6-3-4-6/h2,6H,1,3-5H2/b7-2+. The van der Waals surface area contributed by atoms with E-state index in [0.717, 1.165) is 11.5 Å². The summed E-state index contributed by atoms with van der Waals surface area (Å²) < 4.78 is 0. The Morgan fingerprint density at radius 3 is 2.67 bits per heavy atom. The lowest BCUT2D eigenvalue weighted by Gasteiger charge is -1.90. The molecule has 9 heavy (non-hydrogen) atoms. The third-order valence-corrected chi connectivity index (χ3v) is 2.10. The first-order valence-corrected chi connectivity index (χ1v) is 4.17. The van der Waals surface area contributed by atoms with Crippen molar-refractivity contribution in [1.82, 2.24) is 0 Å². The van der Waals surface area contributed by atoms with Crippen LogP contribution in [0.15, 0.2) is 11.1 Å². The van der Waals surface area contributed by atoms with E-state index in [1.165, 1.54) is 12.8 Å². The van der Waals surface area contributed by atoms with Crippen molar-refractivity contribution in [3.05, 3.63) is 11.1 Å². The molecule has 0 aromatic carbocycles. The highest BCUT2D eigenvalue weighted by atomic mass is 35.5.